The Kier molecular flexibility index (Phi) is 2.00. The number of hydrogen-bond donors (Lipinski definition) is 1. The molecule has 0 saturated carbocycles. The Morgan fingerprint density at radius 3 is 3.00 bits per heavy atom. The molecule has 2 aromatic heterocycles. The standard InChI is InChI=1S/C10H13N3/c1-3-4-8-12-9-7(2)5-6-11-10(9)13-8/h5-6H,3-4H2,1-2H3,(H,11,12,13). The van der Waals surface area contributed by atoms with Gasteiger partial charge in [0, 0.05) is 12.6 Å². The van der Waals surface area contributed by atoms with E-state index >= 15 is 0 Å². The van der Waals surface area contributed by atoms with Crippen LogP contribution in [0.5, 0.6) is 0 Å². The van der Waals surface area contributed by atoms with Crippen molar-refractivity contribution in [1.82, 2.24) is 15.0 Å². The van der Waals surface area contributed by atoms with Gasteiger partial charge in [-0.1, -0.05) is 6.92 Å². The van der Waals surface area contributed by atoms with Crippen molar-refractivity contribution >= 4 is 11.2 Å². The molecular weight excluding hydrogens is 162 g/mol. The summed E-state index contributed by atoms with van der Waals surface area (Å²) in [4.78, 5) is 11.9. The Labute approximate surface area is 77.2 Å². The van der Waals surface area contributed by atoms with E-state index in [0.29, 0.717) is 0 Å². The maximum absolute atomic E-state index is 4.40. The maximum atomic E-state index is 4.40. The number of H-pyrrole nitrogens is 1. The van der Waals surface area contributed by atoms with Crippen molar-refractivity contribution in [2.45, 2.75) is 26.7 Å². The number of aromatic amines is 1. The fraction of sp³-hybridized carbons (Fsp3) is 0.400. The van der Waals surface area contributed by atoms with Crippen LogP contribution in [-0.4, -0.2) is 15.0 Å². The summed E-state index contributed by atoms with van der Waals surface area (Å²) in [6, 6.07) is 2.00. The molecule has 0 atom stereocenters. The van der Waals surface area contributed by atoms with Crippen molar-refractivity contribution in [3.63, 3.8) is 0 Å². The Morgan fingerprint density at radius 2 is 2.31 bits per heavy atom. The van der Waals surface area contributed by atoms with Gasteiger partial charge in [0.1, 0.15) is 5.82 Å². The van der Waals surface area contributed by atoms with Crippen LogP contribution in [0.4, 0.5) is 0 Å². The molecule has 68 valence electrons. The summed E-state index contributed by atoms with van der Waals surface area (Å²) in [6.45, 7) is 4.21. The predicted molar refractivity (Wildman–Crippen MR) is 52.6 cm³/mol. The van der Waals surface area contributed by atoms with Gasteiger partial charge in [-0.15, -0.1) is 0 Å². The Bertz CT molecular complexity index is 417. The normalized spacial score (nSPS) is 10.9. The highest BCUT2D eigenvalue weighted by Crippen LogP contribution is 2.13. The largest absolute Gasteiger partial charge is 0.340 e. The van der Waals surface area contributed by atoms with Gasteiger partial charge in [-0.3, -0.25) is 0 Å². The summed E-state index contributed by atoms with van der Waals surface area (Å²) in [7, 11) is 0. The molecule has 0 amide bonds. The smallest absolute Gasteiger partial charge is 0.177 e. The van der Waals surface area contributed by atoms with E-state index in [1.165, 1.54) is 5.56 Å². The molecule has 0 unspecified atom stereocenters. The minimum absolute atomic E-state index is 0.837. The van der Waals surface area contributed by atoms with Gasteiger partial charge in [0.05, 0.1) is 5.52 Å². The van der Waals surface area contributed by atoms with Crippen LogP contribution in [0.2, 0.25) is 0 Å². The minimum atomic E-state index is 0.837. The molecular formula is C10H13N3. The first-order valence-corrected chi connectivity index (χ1v) is 4.61. The van der Waals surface area contributed by atoms with Crippen LogP contribution >= 0.6 is 0 Å². The molecule has 0 radical (unpaired) electrons. The first-order valence-electron chi connectivity index (χ1n) is 4.61. The number of nitrogens with one attached hydrogen (secondary N) is 1. The molecule has 0 saturated heterocycles. The lowest BCUT2D eigenvalue weighted by atomic mass is 10.3. The summed E-state index contributed by atoms with van der Waals surface area (Å²) >= 11 is 0. The van der Waals surface area contributed by atoms with Crippen LogP contribution in [0.25, 0.3) is 11.2 Å². The lowest BCUT2D eigenvalue weighted by Crippen LogP contribution is -1.84. The highest BCUT2D eigenvalue weighted by Gasteiger charge is 2.03. The highest BCUT2D eigenvalue weighted by atomic mass is 15.0. The zero-order valence-electron chi connectivity index (χ0n) is 7.96. The third-order valence-corrected chi connectivity index (χ3v) is 2.14. The molecule has 1 N–H and O–H groups in total. The molecule has 3 nitrogen and oxygen atoms in total. The average Bonchev–Trinajstić information content (AvgIpc) is 2.49. The van der Waals surface area contributed by atoms with Crippen molar-refractivity contribution in [2.75, 3.05) is 0 Å². The molecule has 13 heavy (non-hydrogen) atoms. The molecule has 2 rings (SSSR count). The highest BCUT2D eigenvalue weighted by molar-refractivity contribution is 5.74. The molecule has 2 heterocycles. The maximum Gasteiger partial charge on any atom is 0.177 e. The van der Waals surface area contributed by atoms with Crippen molar-refractivity contribution in [3.05, 3.63) is 23.7 Å². The van der Waals surface area contributed by atoms with Gasteiger partial charge in [0.2, 0.25) is 0 Å². The van der Waals surface area contributed by atoms with Crippen LogP contribution in [-0.2, 0) is 6.42 Å². The molecule has 2 aromatic rings. The first-order chi connectivity index (χ1) is 6.31. The lowest BCUT2D eigenvalue weighted by Gasteiger charge is -1.90. The van der Waals surface area contributed by atoms with Gasteiger partial charge in [-0.2, -0.15) is 0 Å². The van der Waals surface area contributed by atoms with E-state index < -0.39 is 0 Å². The van der Waals surface area contributed by atoms with Crippen LogP contribution < -0.4 is 0 Å². The number of hydrogen-bond acceptors (Lipinski definition) is 2. The Balaban J connectivity index is 2.55. The van der Waals surface area contributed by atoms with Gasteiger partial charge in [-0.05, 0) is 25.0 Å². The fourth-order valence-electron chi connectivity index (χ4n) is 1.44. The van der Waals surface area contributed by atoms with E-state index in [1.807, 2.05) is 6.07 Å². The van der Waals surface area contributed by atoms with E-state index in [9.17, 15) is 0 Å². The number of pyridine rings is 1. The molecule has 0 aliphatic rings. The van der Waals surface area contributed by atoms with E-state index in [1.54, 1.807) is 6.20 Å². The van der Waals surface area contributed by atoms with Crippen molar-refractivity contribution in [1.29, 1.82) is 0 Å². The summed E-state index contributed by atoms with van der Waals surface area (Å²) in [6.07, 6.45) is 3.91. The number of aryl methyl sites for hydroxylation is 2. The fourth-order valence-corrected chi connectivity index (χ4v) is 1.44. The second-order valence-electron chi connectivity index (χ2n) is 3.26. The summed E-state index contributed by atoms with van der Waals surface area (Å²) in [5.74, 6) is 1.04. The molecule has 0 spiro atoms. The summed E-state index contributed by atoms with van der Waals surface area (Å²) < 4.78 is 0. The SMILES string of the molecule is CCCc1nc2nccc(C)c2[nH]1. The van der Waals surface area contributed by atoms with Gasteiger partial charge >= 0.3 is 0 Å². The van der Waals surface area contributed by atoms with E-state index in [0.717, 1.165) is 29.8 Å². The van der Waals surface area contributed by atoms with Crippen LogP contribution in [0.1, 0.15) is 24.7 Å². The molecule has 0 aliphatic carbocycles. The number of fused-ring (bicyclic) bond motifs is 1. The third kappa shape index (κ3) is 1.41. The minimum Gasteiger partial charge on any atom is -0.340 e. The van der Waals surface area contributed by atoms with Crippen LogP contribution in [0.3, 0.4) is 0 Å². The monoisotopic (exact) mass is 175 g/mol. The lowest BCUT2D eigenvalue weighted by molar-refractivity contribution is 0.860. The van der Waals surface area contributed by atoms with Crippen molar-refractivity contribution < 1.29 is 0 Å². The second kappa shape index (κ2) is 3.17. The van der Waals surface area contributed by atoms with Gasteiger partial charge < -0.3 is 4.98 Å². The molecule has 0 bridgehead atoms. The number of nitrogens with zero attached hydrogens (tertiary/aromatic N) is 2. The van der Waals surface area contributed by atoms with Gasteiger partial charge in [0.15, 0.2) is 5.65 Å². The van der Waals surface area contributed by atoms with Gasteiger partial charge in [0.25, 0.3) is 0 Å². The van der Waals surface area contributed by atoms with Crippen LogP contribution in [0, 0.1) is 6.92 Å². The first kappa shape index (κ1) is 8.23. The summed E-state index contributed by atoms with van der Waals surface area (Å²) in [5, 5.41) is 0. The van der Waals surface area contributed by atoms with Crippen molar-refractivity contribution in [3.8, 4) is 0 Å². The molecule has 0 aliphatic heterocycles. The zero-order valence-corrected chi connectivity index (χ0v) is 7.96. The predicted octanol–water partition coefficient (Wildman–Crippen LogP) is 2.22. The molecule has 0 fully saturated rings. The van der Waals surface area contributed by atoms with Crippen molar-refractivity contribution in [2.24, 2.45) is 0 Å². The van der Waals surface area contributed by atoms with E-state index in [2.05, 4.69) is 28.8 Å². The van der Waals surface area contributed by atoms with Gasteiger partial charge in [-0.25, -0.2) is 9.97 Å². The topological polar surface area (TPSA) is 41.6 Å². The summed E-state index contributed by atoms with van der Waals surface area (Å²) in [5.41, 5.74) is 3.12. The Hall–Kier alpha value is -1.38. The third-order valence-electron chi connectivity index (χ3n) is 2.14. The van der Waals surface area contributed by atoms with E-state index in [4.69, 9.17) is 0 Å². The average molecular weight is 175 g/mol. The second-order valence-corrected chi connectivity index (χ2v) is 3.26. The molecule has 3 heteroatoms. The number of rotatable bonds is 2. The van der Waals surface area contributed by atoms with E-state index in [-0.39, 0.29) is 0 Å². The zero-order chi connectivity index (χ0) is 9.26. The number of aromatic nitrogens is 3. The Morgan fingerprint density at radius 1 is 1.46 bits per heavy atom. The van der Waals surface area contributed by atoms with Crippen LogP contribution in [0.15, 0.2) is 12.3 Å². The molecule has 0 aromatic carbocycles. The quantitative estimate of drug-likeness (QED) is 0.760. The number of imidazole rings is 1.